The summed E-state index contributed by atoms with van der Waals surface area (Å²) in [6.07, 6.45) is -1.21. The zero-order valence-electron chi connectivity index (χ0n) is 24.2. The number of nitrogens with zero attached hydrogens (tertiary/aromatic N) is 1. The van der Waals surface area contributed by atoms with E-state index in [9.17, 15) is 14.4 Å². The van der Waals surface area contributed by atoms with Crippen LogP contribution in [0.25, 0.3) is 0 Å². The summed E-state index contributed by atoms with van der Waals surface area (Å²) in [4.78, 5) is 40.2. The van der Waals surface area contributed by atoms with Crippen molar-refractivity contribution in [3.05, 3.63) is 0 Å². The Balaban J connectivity index is 3.31. The lowest BCUT2D eigenvalue weighted by atomic mass is 9.91. The highest BCUT2D eigenvalue weighted by atomic mass is 16.6. The van der Waals surface area contributed by atoms with Gasteiger partial charge in [-0.15, -0.1) is 0 Å². The summed E-state index contributed by atoms with van der Waals surface area (Å²) in [5, 5.41) is 0. The number of ether oxygens (including phenoxy) is 5. The number of hydrogen-bond donors (Lipinski definition) is 0. The third-order valence-electron chi connectivity index (χ3n) is 5.34. The van der Waals surface area contributed by atoms with Crippen LogP contribution in [0.15, 0.2) is 0 Å². The molecule has 1 fully saturated rings. The predicted molar refractivity (Wildman–Crippen MR) is 137 cm³/mol. The number of amides is 2. The molecule has 0 bridgehead atoms. The summed E-state index contributed by atoms with van der Waals surface area (Å²) in [7, 11) is 0. The van der Waals surface area contributed by atoms with Gasteiger partial charge in [0.2, 0.25) is 0 Å². The number of carbonyl (C=O) groups excluding carboxylic acids is 3. The molecular formula is C27H49NO8. The highest BCUT2D eigenvalue weighted by molar-refractivity contribution is 5.94. The molecule has 1 aliphatic heterocycles. The van der Waals surface area contributed by atoms with Crippen molar-refractivity contribution < 1.29 is 38.1 Å². The predicted octanol–water partition coefficient (Wildman–Crippen LogP) is 5.58. The fourth-order valence-electron chi connectivity index (χ4n) is 3.71. The molecule has 0 aromatic heterocycles. The van der Waals surface area contributed by atoms with E-state index in [2.05, 4.69) is 27.7 Å². The Bertz CT molecular complexity index is 694. The second-order valence-electron chi connectivity index (χ2n) is 12.4. The van der Waals surface area contributed by atoms with Crippen LogP contribution >= 0.6 is 0 Å². The fraction of sp³-hybridized carbons (Fsp3) is 0.889. The average Bonchev–Trinajstić information content (AvgIpc) is 2.71. The van der Waals surface area contributed by atoms with E-state index in [1.807, 2.05) is 0 Å². The first-order chi connectivity index (χ1) is 16.4. The molecule has 4 atom stereocenters. The zero-order chi connectivity index (χ0) is 27.8. The van der Waals surface area contributed by atoms with Crippen LogP contribution in [0.5, 0.6) is 0 Å². The number of hydrogen-bond acceptors (Lipinski definition) is 8. The molecule has 210 valence electrons. The minimum absolute atomic E-state index is 0.0239. The lowest BCUT2D eigenvalue weighted by molar-refractivity contribution is -0.164. The Hall–Kier alpha value is -1.87. The van der Waals surface area contributed by atoms with Gasteiger partial charge in [0.05, 0.1) is 19.3 Å². The molecule has 0 radical (unpaired) electrons. The molecule has 0 spiro atoms. The van der Waals surface area contributed by atoms with Gasteiger partial charge in [-0.05, 0) is 66.7 Å². The van der Waals surface area contributed by atoms with Crippen LogP contribution < -0.4 is 0 Å². The van der Waals surface area contributed by atoms with Gasteiger partial charge in [-0.3, -0.25) is 0 Å². The third-order valence-corrected chi connectivity index (χ3v) is 5.34. The second-order valence-corrected chi connectivity index (χ2v) is 12.4. The molecule has 1 rings (SSSR count). The average molecular weight is 516 g/mol. The molecule has 0 aromatic rings. The Morgan fingerprint density at radius 1 is 0.944 bits per heavy atom. The maximum absolute atomic E-state index is 13.4. The quantitative estimate of drug-likeness (QED) is 0.320. The summed E-state index contributed by atoms with van der Waals surface area (Å²) in [5.41, 5.74) is -1.79. The van der Waals surface area contributed by atoms with Crippen LogP contribution in [0, 0.1) is 17.8 Å². The van der Waals surface area contributed by atoms with E-state index in [1.165, 1.54) is 0 Å². The first-order valence-corrected chi connectivity index (χ1v) is 13.1. The largest absolute Gasteiger partial charge is 0.458 e. The number of rotatable bonds is 7. The van der Waals surface area contributed by atoms with E-state index in [4.69, 9.17) is 23.7 Å². The van der Waals surface area contributed by atoms with E-state index < -0.39 is 41.5 Å². The van der Waals surface area contributed by atoms with E-state index in [1.54, 1.807) is 48.5 Å². The lowest BCUT2D eigenvalue weighted by Gasteiger charge is -2.33. The topological polar surface area (TPSA) is 101 Å². The molecule has 9 nitrogen and oxygen atoms in total. The number of cyclic esters (lactones) is 1. The van der Waals surface area contributed by atoms with Gasteiger partial charge in [-0.1, -0.05) is 34.1 Å². The summed E-state index contributed by atoms with van der Waals surface area (Å²) >= 11 is 0. The highest BCUT2D eigenvalue weighted by Gasteiger charge is 2.44. The van der Waals surface area contributed by atoms with Crippen molar-refractivity contribution in [2.45, 2.75) is 118 Å². The van der Waals surface area contributed by atoms with Crippen LogP contribution in [0.4, 0.5) is 9.59 Å². The Morgan fingerprint density at radius 2 is 1.47 bits per heavy atom. The molecule has 0 N–H and O–H groups in total. The van der Waals surface area contributed by atoms with Gasteiger partial charge in [-0.25, -0.2) is 14.4 Å². The SMILES string of the molecule is CC(C)CCC1COCC(N(C(=O)OC(C)(C)C)C(=O)OC(C)(C)C)C(=O)OC(C)C1OCC(C)C. The van der Waals surface area contributed by atoms with Gasteiger partial charge < -0.3 is 23.7 Å². The zero-order valence-corrected chi connectivity index (χ0v) is 24.2. The number of imide groups is 1. The van der Waals surface area contributed by atoms with E-state index in [0.29, 0.717) is 29.9 Å². The van der Waals surface area contributed by atoms with Crippen molar-refractivity contribution in [3.63, 3.8) is 0 Å². The summed E-state index contributed by atoms with van der Waals surface area (Å²) in [6.45, 7) is 20.8. The molecule has 1 aliphatic rings. The Labute approximate surface area is 217 Å². The van der Waals surface area contributed by atoms with Gasteiger partial charge >= 0.3 is 18.2 Å². The van der Waals surface area contributed by atoms with Crippen molar-refractivity contribution >= 4 is 18.2 Å². The maximum Gasteiger partial charge on any atom is 0.420 e. The maximum atomic E-state index is 13.4. The molecule has 0 aromatic carbocycles. The van der Waals surface area contributed by atoms with Crippen molar-refractivity contribution in [3.8, 4) is 0 Å². The molecule has 9 heteroatoms. The molecule has 1 saturated heterocycles. The van der Waals surface area contributed by atoms with Gasteiger partial charge in [0, 0.05) is 12.5 Å². The summed E-state index contributed by atoms with van der Waals surface area (Å²) in [6, 6.07) is -1.37. The molecular weight excluding hydrogens is 466 g/mol. The summed E-state index contributed by atoms with van der Waals surface area (Å²) in [5.74, 6) is -0.00957. The van der Waals surface area contributed by atoms with Gasteiger partial charge in [0.1, 0.15) is 17.3 Å². The van der Waals surface area contributed by atoms with E-state index in [0.717, 1.165) is 12.8 Å². The smallest absolute Gasteiger partial charge is 0.420 e. The standard InChI is InChI=1S/C27H49NO8/c1-17(2)12-13-20-15-32-16-21(23(29)34-19(5)22(20)33-14-18(3)4)28(24(30)35-26(6,7)8)25(31)36-27(9,10)11/h17-22H,12-16H2,1-11H3. The third kappa shape index (κ3) is 11.5. The van der Waals surface area contributed by atoms with E-state index in [-0.39, 0.29) is 18.6 Å². The van der Waals surface area contributed by atoms with Gasteiger partial charge in [0.25, 0.3) is 0 Å². The monoisotopic (exact) mass is 515 g/mol. The second kappa shape index (κ2) is 13.6. The molecule has 2 amide bonds. The summed E-state index contributed by atoms with van der Waals surface area (Å²) < 4.78 is 28.9. The minimum atomic E-state index is -1.37. The van der Waals surface area contributed by atoms with Crippen LogP contribution in [0.2, 0.25) is 0 Å². The van der Waals surface area contributed by atoms with Crippen LogP contribution in [0.3, 0.4) is 0 Å². The van der Waals surface area contributed by atoms with Crippen LogP contribution in [0.1, 0.15) is 89.0 Å². The van der Waals surface area contributed by atoms with Crippen LogP contribution in [-0.2, 0) is 28.5 Å². The fourth-order valence-corrected chi connectivity index (χ4v) is 3.71. The molecule has 4 unspecified atom stereocenters. The Morgan fingerprint density at radius 3 is 1.92 bits per heavy atom. The molecule has 1 heterocycles. The number of esters is 1. The number of carbonyl (C=O) groups is 3. The highest BCUT2D eigenvalue weighted by Crippen LogP contribution is 2.26. The van der Waals surface area contributed by atoms with Gasteiger partial charge in [-0.2, -0.15) is 4.90 Å². The normalized spacial score (nSPS) is 24.0. The molecule has 0 saturated carbocycles. The molecule has 0 aliphatic carbocycles. The minimum Gasteiger partial charge on any atom is -0.458 e. The molecule has 36 heavy (non-hydrogen) atoms. The van der Waals surface area contributed by atoms with Crippen LogP contribution in [-0.4, -0.2) is 72.3 Å². The first kappa shape index (κ1) is 32.2. The lowest BCUT2D eigenvalue weighted by Crippen LogP contribution is -2.54. The van der Waals surface area contributed by atoms with Crippen molar-refractivity contribution in [2.75, 3.05) is 19.8 Å². The van der Waals surface area contributed by atoms with E-state index >= 15 is 0 Å². The first-order valence-electron chi connectivity index (χ1n) is 13.1. The van der Waals surface area contributed by atoms with Crippen molar-refractivity contribution in [1.29, 1.82) is 0 Å². The van der Waals surface area contributed by atoms with Crippen molar-refractivity contribution in [2.24, 2.45) is 17.8 Å². The Kier molecular flexibility index (Phi) is 12.2. The van der Waals surface area contributed by atoms with Crippen molar-refractivity contribution in [1.82, 2.24) is 4.90 Å². The van der Waals surface area contributed by atoms with Gasteiger partial charge in [0.15, 0.2) is 6.04 Å².